The van der Waals surface area contributed by atoms with E-state index in [0.717, 1.165) is 33.9 Å². The van der Waals surface area contributed by atoms with E-state index in [1.54, 1.807) is 13.3 Å². The second-order valence-electron chi connectivity index (χ2n) is 5.60. The molecule has 0 N–H and O–H groups in total. The topological polar surface area (TPSA) is 52.3 Å². The normalized spacial score (nSPS) is 10.9. The Hall–Kier alpha value is -3.21. The van der Waals surface area contributed by atoms with Crippen molar-refractivity contribution in [3.05, 3.63) is 66.6 Å². The third kappa shape index (κ3) is 2.40. The van der Waals surface area contributed by atoms with Crippen LogP contribution in [0.2, 0.25) is 0 Å². The van der Waals surface area contributed by atoms with Crippen LogP contribution >= 0.6 is 0 Å². The number of benzene rings is 1. The number of ether oxygens (including phenoxy) is 1. The highest BCUT2D eigenvalue weighted by molar-refractivity contribution is 5.68. The van der Waals surface area contributed by atoms with Gasteiger partial charge in [-0.3, -0.25) is 9.38 Å². The van der Waals surface area contributed by atoms with Crippen LogP contribution in [0.15, 0.2) is 61.1 Å². The maximum absolute atomic E-state index is 5.26. The van der Waals surface area contributed by atoms with Crippen LogP contribution in [0.5, 0.6) is 5.75 Å². The van der Waals surface area contributed by atoms with Crippen LogP contribution in [0.3, 0.4) is 0 Å². The molecule has 0 amide bonds. The molecule has 3 heterocycles. The molecule has 0 saturated heterocycles. The Morgan fingerprint density at radius 2 is 1.83 bits per heavy atom. The third-order valence-corrected chi connectivity index (χ3v) is 4.07. The zero-order valence-electron chi connectivity index (χ0n) is 13.5. The average molecular weight is 316 g/mol. The summed E-state index contributed by atoms with van der Waals surface area (Å²) in [6.07, 6.45) is 5.55. The Bertz CT molecular complexity index is 1020. The number of hydrogen-bond donors (Lipinski definition) is 0. The van der Waals surface area contributed by atoms with Gasteiger partial charge < -0.3 is 4.74 Å². The molecular weight excluding hydrogens is 300 g/mol. The number of aryl methyl sites for hydroxylation is 1. The highest BCUT2D eigenvalue weighted by Gasteiger charge is 2.11. The molecule has 118 valence electrons. The van der Waals surface area contributed by atoms with E-state index in [-0.39, 0.29) is 0 Å². The summed E-state index contributed by atoms with van der Waals surface area (Å²) < 4.78 is 7.27. The first-order valence-electron chi connectivity index (χ1n) is 7.66. The minimum absolute atomic E-state index is 0.732. The summed E-state index contributed by atoms with van der Waals surface area (Å²) in [5.74, 6) is 1.57. The Morgan fingerprint density at radius 3 is 2.67 bits per heavy atom. The molecule has 0 bridgehead atoms. The first-order chi connectivity index (χ1) is 11.8. The summed E-state index contributed by atoms with van der Waals surface area (Å²) in [5.41, 5.74) is 5.07. The minimum atomic E-state index is 0.732. The zero-order valence-corrected chi connectivity index (χ0v) is 13.5. The van der Waals surface area contributed by atoms with Gasteiger partial charge in [0.15, 0.2) is 11.5 Å². The predicted octanol–water partition coefficient (Wildman–Crippen LogP) is 3.78. The molecule has 0 fully saturated rings. The lowest BCUT2D eigenvalue weighted by molar-refractivity contribution is 0.413. The number of aromatic nitrogens is 4. The lowest BCUT2D eigenvalue weighted by Gasteiger charge is -2.07. The summed E-state index contributed by atoms with van der Waals surface area (Å²) in [6, 6.07) is 14.1. The van der Waals surface area contributed by atoms with Crippen molar-refractivity contribution in [3.63, 3.8) is 0 Å². The molecule has 0 saturated carbocycles. The van der Waals surface area contributed by atoms with E-state index in [0.29, 0.717) is 0 Å². The molecule has 4 rings (SSSR count). The van der Waals surface area contributed by atoms with Crippen molar-refractivity contribution >= 4 is 5.65 Å². The van der Waals surface area contributed by atoms with Crippen LogP contribution in [-0.4, -0.2) is 26.7 Å². The van der Waals surface area contributed by atoms with Gasteiger partial charge in [0.05, 0.1) is 13.3 Å². The van der Waals surface area contributed by atoms with E-state index in [2.05, 4.69) is 34.2 Å². The zero-order chi connectivity index (χ0) is 16.5. The van der Waals surface area contributed by atoms with Crippen LogP contribution < -0.4 is 4.74 Å². The van der Waals surface area contributed by atoms with Crippen molar-refractivity contribution in [1.82, 2.24) is 19.6 Å². The summed E-state index contributed by atoms with van der Waals surface area (Å²) in [6.45, 7) is 2.08. The number of methoxy groups -OCH3 is 1. The van der Waals surface area contributed by atoms with Crippen LogP contribution in [0, 0.1) is 6.92 Å². The second kappa shape index (κ2) is 5.77. The van der Waals surface area contributed by atoms with Gasteiger partial charge in [-0.2, -0.15) is 0 Å². The Kier molecular flexibility index (Phi) is 3.46. The smallest absolute Gasteiger partial charge is 0.168 e. The first kappa shape index (κ1) is 14.4. The predicted molar refractivity (Wildman–Crippen MR) is 92.9 cm³/mol. The van der Waals surface area contributed by atoms with Gasteiger partial charge in [-0.05, 0) is 30.7 Å². The lowest BCUT2D eigenvalue weighted by atomic mass is 10.1. The minimum Gasteiger partial charge on any atom is -0.495 e. The SMILES string of the molecule is COc1cncc(-c2ccc3nnc(-c4ccccc4C)n3c2)c1. The molecule has 0 aliphatic heterocycles. The molecule has 0 atom stereocenters. The number of pyridine rings is 2. The van der Waals surface area contributed by atoms with Crippen LogP contribution in [0.4, 0.5) is 0 Å². The van der Waals surface area contributed by atoms with Gasteiger partial charge in [-0.15, -0.1) is 10.2 Å². The fraction of sp³-hybridized carbons (Fsp3) is 0.105. The van der Waals surface area contributed by atoms with E-state index in [9.17, 15) is 0 Å². The van der Waals surface area contributed by atoms with Gasteiger partial charge in [0.25, 0.3) is 0 Å². The molecular formula is C19H16N4O. The van der Waals surface area contributed by atoms with Crippen molar-refractivity contribution in [1.29, 1.82) is 0 Å². The molecule has 0 radical (unpaired) electrons. The van der Waals surface area contributed by atoms with Gasteiger partial charge in [0.2, 0.25) is 0 Å². The van der Waals surface area contributed by atoms with Gasteiger partial charge in [0.1, 0.15) is 5.75 Å². The highest BCUT2D eigenvalue weighted by Crippen LogP contribution is 2.26. The summed E-state index contributed by atoms with van der Waals surface area (Å²) in [4.78, 5) is 4.23. The largest absolute Gasteiger partial charge is 0.495 e. The number of rotatable bonds is 3. The van der Waals surface area contributed by atoms with Crippen molar-refractivity contribution in [2.75, 3.05) is 7.11 Å². The van der Waals surface area contributed by atoms with Gasteiger partial charge >= 0.3 is 0 Å². The second-order valence-corrected chi connectivity index (χ2v) is 5.60. The average Bonchev–Trinajstić information content (AvgIpc) is 3.05. The standard InChI is InChI=1S/C19H16N4O/c1-13-5-3-4-6-17(13)19-22-21-18-8-7-14(12-23(18)19)15-9-16(24-2)11-20-10-15/h3-12H,1-2H3. The van der Waals surface area contributed by atoms with Crippen molar-refractivity contribution in [3.8, 4) is 28.3 Å². The van der Waals surface area contributed by atoms with Crippen molar-refractivity contribution < 1.29 is 4.74 Å². The molecule has 4 aromatic rings. The lowest BCUT2D eigenvalue weighted by Crippen LogP contribution is -1.93. The number of nitrogens with zero attached hydrogens (tertiary/aromatic N) is 4. The Morgan fingerprint density at radius 1 is 0.958 bits per heavy atom. The van der Waals surface area contributed by atoms with Gasteiger partial charge in [0, 0.05) is 29.1 Å². The van der Waals surface area contributed by atoms with Crippen LogP contribution in [0.25, 0.3) is 28.2 Å². The molecule has 5 nitrogen and oxygen atoms in total. The molecule has 1 aromatic carbocycles. The quantitative estimate of drug-likeness (QED) is 0.577. The Labute approximate surface area is 139 Å². The van der Waals surface area contributed by atoms with Gasteiger partial charge in [-0.25, -0.2) is 0 Å². The van der Waals surface area contributed by atoms with E-state index in [1.807, 2.05) is 47.1 Å². The third-order valence-electron chi connectivity index (χ3n) is 4.07. The first-order valence-corrected chi connectivity index (χ1v) is 7.66. The number of fused-ring (bicyclic) bond motifs is 1. The molecule has 5 heteroatoms. The van der Waals surface area contributed by atoms with Crippen LogP contribution in [-0.2, 0) is 0 Å². The Balaban J connectivity index is 1.89. The molecule has 0 unspecified atom stereocenters. The highest BCUT2D eigenvalue weighted by atomic mass is 16.5. The van der Waals surface area contributed by atoms with E-state index in [4.69, 9.17) is 4.74 Å². The monoisotopic (exact) mass is 316 g/mol. The maximum atomic E-state index is 5.26. The van der Waals surface area contributed by atoms with E-state index >= 15 is 0 Å². The van der Waals surface area contributed by atoms with Crippen molar-refractivity contribution in [2.45, 2.75) is 6.92 Å². The number of hydrogen-bond acceptors (Lipinski definition) is 4. The molecule has 0 aliphatic carbocycles. The molecule has 3 aromatic heterocycles. The fourth-order valence-electron chi connectivity index (χ4n) is 2.76. The summed E-state index contributed by atoms with van der Waals surface area (Å²) >= 11 is 0. The summed E-state index contributed by atoms with van der Waals surface area (Å²) in [7, 11) is 1.64. The van der Waals surface area contributed by atoms with Crippen molar-refractivity contribution in [2.24, 2.45) is 0 Å². The van der Waals surface area contributed by atoms with Gasteiger partial charge in [-0.1, -0.05) is 24.3 Å². The fourth-order valence-corrected chi connectivity index (χ4v) is 2.76. The van der Waals surface area contributed by atoms with E-state index in [1.165, 1.54) is 5.56 Å². The molecule has 0 aliphatic rings. The van der Waals surface area contributed by atoms with Crippen LogP contribution in [0.1, 0.15) is 5.56 Å². The summed E-state index contributed by atoms with van der Waals surface area (Å²) in [5, 5.41) is 8.64. The molecule has 24 heavy (non-hydrogen) atoms. The maximum Gasteiger partial charge on any atom is 0.168 e. The molecule has 0 spiro atoms. The van der Waals surface area contributed by atoms with E-state index < -0.39 is 0 Å².